The van der Waals surface area contributed by atoms with Crippen molar-refractivity contribution in [2.24, 2.45) is 0 Å². The Bertz CT molecular complexity index is 3670. The molecule has 0 aliphatic carbocycles. The Hall–Kier alpha value is -8.54. The highest BCUT2D eigenvalue weighted by Crippen LogP contribution is 2.51. The van der Waals surface area contributed by atoms with Crippen molar-refractivity contribution in [3.05, 3.63) is 260 Å². The van der Waals surface area contributed by atoms with Gasteiger partial charge in [0.25, 0.3) is 0 Å². The highest BCUT2D eigenvalue weighted by molar-refractivity contribution is 6.93. The van der Waals surface area contributed by atoms with E-state index in [0.29, 0.717) is 0 Å². The molecule has 1 aromatic heterocycles. The number of aryl methyl sites for hydroxylation is 2. The third-order valence-corrected chi connectivity index (χ3v) is 14.8. The van der Waals surface area contributed by atoms with Crippen molar-refractivity contribution in [2.45, 2.75) is 52.4 Å². The lowest BCUT2D eigenvalue weighted by Crippen LogP contribution is -2.64. The van der Waals surface area contributed by atoms with Crippen molar-refractivity contribution in [1.29, 1.82) is 0 Å². The van der Waals surface area contributed by atoms with E-state index in [9.17, 15) is 0 Å². The molecule has 0 fully saturated rings. The van der Waals surface area contributed by atoms with Gasteiger partial charge in [-0.3, -0.25) is 0 Å². The van der Waals surface area contributed by atoms with Gasteiger partial charge in [0.05, 0.1) is 16.8 Å². The number of hydrogen-bond donors (Lipinski definition) is 0. The van der Waals surface area contributed by atoms with Crippen LogP contribution in [0.1, 0.15) is 56.2 Å². The van der Waals surface area contributed by atoms with Crippen LogP contribution in [0, 0.1) is 0 Å². The van der Waals surface area contributed by atoms with Crippen LogP contribution in [0.2, 0.25) is 0 Å². The van der Waals surface area contributed by atoms with Gasteiger partial charge < -0.3 is 19.0 Å². The summed E-state index contributed by atoms with van der Waals surface area (Å²) in [6.07, 6.45) is 13.2. The molecule has 0 amide bonds. The molecule has 0 unspecified atom stereocenters. The lowest BCUT2D eigenvalue weighted by molar-refractivity contribution is 0.669. The molecule has 0 bridgehead atoms. The molecule has 0 atom stereocenters. The SMILES string of the molecule is C=C/C=C1\C(=C/N(c2ccccc2)c2ccc(CCCC)cc2)c2cc(-c3ccccc3)cc3c2B(c2ccc4oc5ccccc5c4c2N3c2ccc(CCCC)cc2-c2ccccc2)N1c1ccccc1. The fourth-order valence-corrected chi connectivity index (χ4v) is 11.3. The van der Waals surface area contributed by atoms with Crippen molar-refractivity contribution in [2.75, 3.05) is 14.6 Å². The van der Waals surface area contributed by atoms with Gasteiger partial charge in [-0.05, 0) is 149 Å². The molecule has 0 saturated heterocycles. The topological polar surface area (TPSA) is 22.9 Å². The second kappa shape index (κ2) is 19.9. The average Bonchev–Trinajstić information content (AvgIpc) is 3.85. The zero-order valence-electron chi connectivity index (χ0n) is 41.7. The van der Waals surface area contributed by atoms with E-state index in [-0.39, 0.29) is 6.85 Å². The average molecular weight is 944 g/mol. The summed E-state index contributed by atoms with van der Waals surface area (Å²) < 4.78 is 6.83. The third-order valence-electron chi connectivity index (χ3n) is 14.8. The first kappa shape index (κ1) is 45.6. The largest absolute Gasteiger partial charge is 0.456 e. The van der Waals surface area contributed by atoms with E-state index < -0.39 is 0 Å². The number of hydrogen-bond acceptors (Lipinski definition) is 4. The van der Waals surface area contributed by atoms with Gasteiger partial charge in [0.2, 0.25) is 0 Å². The normalized spacial score (nSPS) is 14.0. The smallest absolute Gasteiger partial charge is 0.333 e. The van der Waals surface area contributed by atoms with E-state index in [2.05, 4.69) is 260 Å². The molecular weight excluding hydrogens is 886 g/mol. The summed E-state index contributed by atoms with van der Waals surface area (Å²) in [4.78, 5) is 7.54. The summed E-state index contributed by atoms with van der Waals surface area (Å²) >= 11 is 0. The third kappa shape index (κ3) is 8.35. The zero-order chi connectivity index (χ0) is 49.3. The van der Waals surface area contributed by atoms with Crippen LogP contribution in [0.25, 0.3) is 49.8 Å². The number of para-hydroxylation sites is 3. The van der Waals surface area contributed by atoms with Crippen LogP contribution in [0.5, 0.6) is 0 Å². The number of furan rings is 1. The molecule has 2 aliphatic rings. The molecule has 354 valence electrons. The monoisotopic (exact) mass is 943 g/mol. The lowest BCUT2D eigenvalue weighted by atomic mass is 9.42. The number of anilines is 6. The lowest BCUT2D eigenvalue weighted by Gasteiger charge is -2.47. The Labute approximate surface area is 430 Å². The Morgan fingerprint density at radius 3 is 1.89 bits per heavy atom. The summed E-state index contributed by atoms with van der Waals surface area (Å²) in [6, 6.07) is 77.9. The predicted molar refractivity (Wildman–Crippen MR) is 312 cm³/mol. The standard InChI is InChI=1S/C68H58BN3O/c1-4-7-24-48-36-39-54(40-37-48)70(53-30-17-11-18-31-53)47-59-58-45-52(50-26-13-9-14-27-50)46-63-67(58)69(72(62(59)23-6-3)55-32-19-12-20-33-55)60-41-43-65-66(56-34-21-22-35-64(56)73-65)68(60)71(63)61-42-38-49(25-8-5-2)44-57(61)51-28-15-10-16-29-51/h6,9-23,26-47H,3-5,7-8,24-25H2,1-2H3/b59-47-,62-23+. The van der Waals surface area contributed by atoms with Crippen molar-refractivity contribution in [3.8, 4) is 22.3 Å². The molecule has 9 aromatic carbocycles. The Morgan fingerprint density at radius 1 is 0.548 bits per heavy atom. The first-order chi connectivity index (χ1) is 36.1. The van der Waals surface area contributed by atoms with E-state index >= 15 is 0 Å². The molecule has 0 spiro atoms. The maximum atomic E-state index is 6.83. The van der Waals surface area contributed by atoms with Crippen LogP contribution in [-0.2, 0) is 12.8 Å². The molecule has 2 aliphatic heterocycles. The number of rotatable bonds is 14. The highest BCUT2D eigenvalue weighted by Gasteiger charge is 2.48. The van der Waals surface area contributed by atoms with Crippen LogP contribution in [0.4, 0.5) is 34.1 Å². The minimum Gasteiger partial charge on any atom is -0.456 e. The second-order valence-electron chi connectivity index (χ2n) is 19.4. The van der Waals surface area contributed by atoms with E-state index in [1.165, 1.54) is 39.6 Å². The maximum Gasteiger partial charge on any atom is 0.333 e. The van der Waals surface area contributed by atoms with Crippen LogP contribution >= 0.6 is 0 Å². The van der Waals surface area contributed by atoms with Gasteiger partial charge in [-0.1, -0.05) is 179 Å². The van der Waals surface area contributed by atoms with Crippen molar-refractivity contribution < 1.29 is 4.42 Å². The van der Waals surface area contributed by atoms with E-state index in [1.54, 1.807) is 0 Å². The predicted octanol–water partition coefficient (Wildman–Crippen LogP) is 17.3. The number of unbranched alkanes of at least 4 members (excludes halogenated alkanes) is 2. The molecule has 73 heavy (non-hydrogen) atoms. The molecule has 10 aromatic rings. The summed E-state index contributed by atoms with van der Waals surface area (Å²) in [5.41, 5.74) is 21.4. The van der Waals surface area contributed by atoms with Crippen LogP contribution < -0.4 is 25.5 Å². The molecule has 5 heteroatoms. The molecule has 3 heterocycles. The van der Waals surface area contributed by atoms with Gasteiger partial charge in [0.15, 0.2) is 0 Å². The van der Waals surface area contributed by atoms with Crippen LogP contribution in [-0.4, -0.2) is 6.85 Å². The van der Waals surface area contributed by atoms with E-state index in [4.69, 9.17) is 4.42 Å². The first-order valence-electron chi connectivity index (χ1n) is 26.1. The van der Waals surface area contributed by atoms with Gasteiger partial charge in [0.1, 0.15) is 11.2 Å². The van der Waals surface area contributed by atoms with Crippen LogP contribution in [0.15, 0.2) is 247 Å². The Balaban J connectivity index is 1.23. The fourth-order valence-electron chi connectivity index (χ4n) is 11.3. The molecule has 12 rings (SSSR count). The molecule has 0 radical (unpaired) electrons. The number of allylic oxidation sites excluding steroid dienone is 3. The van der Waals surface area contributed by atoms with E-state index in [0.717, 1.165) is 116 Å². The molecule has 0 N–H and O–H groups in total. The minimum atomic E-state index is -0.253. The summed E-state index contributed by atoms with van der Waals surface area (Å²) in [5.74, 6) is 0. The van der Waals surface area contributed by atoms with Gasteiger partial charge >= 0.3 is 6.85 Å². The summed E-state index contributed by atoms with van der Waals surface area (Å²) in [5, 5.41) is 2.19. The summed E-state index contributed by atoms with van der Waals surface area (Å²) in [6.45, 7) is 8.70. The Kier molecular flexibility index (Phi) is 12.4. The molecule has 0 saturated carbocycles. The van der Waals surface area contributed by atoms with E-state index in [1.807, 2.05) is 6.08 Å². The first-order valence-corrected chi connectivity index (χ1v) is 26.1. The van der Waals surface area contributed by atoms with Gasteiger partial charge in [-0.15, -0.1) is 0 Å². The fraction of sp³-hybridized carbons (Fsp3) is 0.118. The second-order valence-corrected chi connectivity index (χ2v) is 19.4. The van der Waals surface area contributed by atoms with Crippen LogP contribution in [0.3, 0.4) is 0 Å². The maximum absolute atomic E-state index is 6.83. The highest BCUT2D eigenvalue weighted by atomic mass is 16.3. The molecule has 4 nitrogen and oxygen atoms in total. The van der Waals surface area contributed by atoms with Crippen molar-refractivity contribution in [3.63, 3.8) is 0 Å². The van der Waals surface area contributed by atoms with Gasteiger partial charge in [0, 0.05) is 51.2 Å². The quantitative estimate of drug-likeness (QED) is 0.101. The van der Waals surface area contributed by atoms with Crippen molar-refractivity contribution >= 4 is 79.4 Å². The number of nitrogens with zero attached hydrogens (tertiary/aromatic N) is 3. The number of fused-ring (bicyclic) bond motifs is 6. The molecular formula is C68H58BN3O. The van der Waals surface area contributed by atoms with Crippen molar-refractivity contribution in [1.82, 2.24) is 0 Å². The van der Waals surface area contributed by atoms with Gasteiger partial charge in [-0.25, -0.2) is 0 Å². The minimum absolute atomic E-state index is 0.253. The zero-order valence-corrected chi connectivity index (χ0v) is 41.7. The summed E-state index contributed by atoms with van der Waals surface area (Å²) in [7, 11) is 0. The number of benzene rings is 9. The van der Waals surface area contributed by atoms with Gasteiger partial charge in [-0.2, -0.15) is 0 Å². The Morgan fingerprint density at radius 2 is 1.18 bits per heavy atom.